The van der Waals surface area contributed by atoms with Crippen molar-refractivity contribution >= 4 is 16.9 Å². The van der Waals surface area contributed by atoms with E-state index in [0.29, 0.717) is 6.04 Å². The van der Waals surface area contributed by atoms with E-state index in [2.05, 4.69) is 66.9 Å². The van der Waals surface area contributed by atoms with Crippen LogP contribution in [-0.2, 0) is 13.5 Å². The summed E-state index contributed by atoms with van der Waals surface area (Å²) in [4.78, 5) is 8.37. The molecule has 1 fully saturated rings. The van der Waals surface area contributed by atoms with E-state index in [1.54, 1.807) is 18.9 Å². The van der Waals surface area contributed by atoms with Crippen LogP contribution >= 0.6 is 0 Å². The summed E-state index contributed by atoms with van der Waals surface area (Å²) in [5.41, 5.74) is 3.35. The molecule has 29 heavy (non-hydrogen) atoms. The van der Waals surface area contributed by atoms with Crippen molar-refractivity contribution in [1.29, 1.82) is 0 Å². The van der Waals surface area contributed by atoms with E-state index >= 15 is 0 Å². The fourth-order valence-electron chi connectivity index (χ4n) is 3.50. The summed E-state index contributed by atoms with van der Waals surface area (Å²) < 4.78 is 1.94. The van der Waals surface area contributed by atoms with E-state index in [4.69, 9.17) is 0 Å². The molecule has 0 spiro atoms. The topological polar surface area (TPSA) is 97.2 Å². The predicted octanol–water partition coefficient (Wildman–Crippen LogP) is 3.42. The minimum atomic E-state index is 0.568. The number of hydrogen-bond donors (Lipinski definition) is 2. The average molecular weight is 390 g/mol. The van der Waals surface area contributed by atoms with Crippen molar-refractivity contribution in [1.82, 2.24) is 34.9 Å². The van der Waals surface area contributed by atoms with Gasteiger partial charge in [0.05, 0.1) is 11.6 Å². The Labute approximate surface area is 169 Å². The zero-order valence-corrected chi connectivity index (χ0v) is 16.8. The molecule has 0 bridgehead atoms. The van der Waals surface area contributed by atoms with E-state index in [0.717, 1.165) is 29.1 Å². The molecule has 0 amide bonds. The summed E-state index contributed by atoms with van der Waals surface area (Å²) >= 11 is 0. The lowest BCUT2D eigenvalue weighted by Gasteiger charge is -2.12. The summed E-state index contributed by atoms with van der Waals surface area (Å²) in [6, 6.07) is 9.06. The number of rotatable bonds is 4. The molecule has 1 aromatic carbocycles. The molecule has 3 aromatic heterocycles. The van der Waals surface area contributed by atoms with Crippen molar-refractivity contribution in [2.45, 2.75) is 45.1 Å². The Balaban J connectivity index is 0.000000142. The summed E-state index contributed by atoms with van der Waals surface area (Å²) in [5, 5.41) is 19.1. The molecular weight excluding hydrogens is 364 g/mol. The van der Waals surface area contributed by atoms with Gasteiger partial charge < -0.3 is 9.88 Å². The first kappa shape index (κ1) is 19.0. The van der Waals surface area contributed by atoms with Crippen LogP contribution in [0.5, 0.6) is 0 Å². The molecule has 0 unspecified atom stereocenters. The lowest BCUT2D eigenvalue weighted by Crippen LogP contribution is -2.15. The molecule has 0 radical (unpaired) electrons. The van der Waals surface area contributed by atoms with Gasteiger partial charge >= 0.3 is 0 Å². The maximum absolute atomic E-state index is 4.26. The first-order chi connectivity index (χ1) is 14.2. The van der Waals surface area contributed by atoms with Crippen LogP contribution in [0, 0.1) is 6.92 Å². The van der Waals surface area contributed by atoms with Gasteiger partial charge in [-0.05, 0) is 25.3 Å². The second kappa shape index (κ2) is 8.81. The fraction of sp³-hybridized carbons (Fsp3) is 0.381. The summed E-state index contributed by atoms with van der Waals surface area (Å²) in [6.07, 6.45) is 11.0. The van der Waals surface area contributed by atoms with Gasteiger partial charge in [-0.1, -0.05) is 42.7 Å². The molecular formula is C21H26N8. The number of aryl methyl sites for hydroxylation is 2. The van der Waals surface area contributed by atoms with Crippen LogP contribution in [0.3, 0.4) is 0 Å². The third kappa shape index (κ3) is 4.77. The molecule has 3 heterocycles. The largest absolute Gasteiger partial charge is 0.367 e. The van der Waals surface area contributed by atoms with E-state index in [1.165, 1.54) is 36.8 Å². The van der Waals surface area contributed by atoms with Crippen LogP contribution in [0.25, 0.3) is 11.0 Å². The van der Waals surface area contributed by atoms with Crippen LogP contribution < -0.4 is 5.32 Å². The SMILES string of the molecule is Cc1ccc(Cc2nncn2C)cc1.c1nc(NC2CCCC2)c2cn[nH]c2n1. The van der Waals surface area contributed by atoms with Crippen molar-refractivity contribution < 1.29 is 0 Å². The number of nitrogens with one attached hydrogen (secondary N) is 2. The molecule has 1 saturated carbocycles. The number of nitrogens with zero attached hydrogens (tertiary/aromatic N) is 6. The lowest BCUT2D eigenvalue weighted by molar-refractivity contribution is 0.751. The molecule has 8 nitrogen and oxygen atoms in total. The molecule has 1 aliphatic rings. The Hall–Kier alpha value is -3.29. The normalized spacial score (nSPS) is 14.0. The maximum atomic E-state index is 4.26. The van der Waals surface area contributed by atoms with E-state index < -0.39 is 0 Å². The molecule has 4 aromatic rings. The highest BCUT2D eigenvalue weighted by atomic mass is 15.2. The van der Waals surface area contributed by atoms with Crippen LogP contribution in [-0.4, -0.2) is 41.0 Å². The Kier molecular flexibility index (Phi) is 5.79. The molecule has 0 saturated heterocycles. The Morgan fingerprint density at radius 3 is 2.66 bits per heavy atom. The van der Waals surface area contributed by atoms with Crippen LogP contribution in [0.15, 0.2) is 43.1 Å². The standard InChI is InChI=1S/C11H13N3.C10H13N5/c1-9-3-5-10(6-4-9)7-11-13-12-8-14(11)2;1-2-4-7(3-1)14-9-8-5-13-15-10(8)12-6-11-9/h3-6,8H,7H2,1-2H3;5-7H,1-4H2,(H2,11,12,13,14,15). The number of anilines is 1. The van der Waals surface area contributed by atoms with Crippen molar-refractivity contribution in [3.05, 3.63) is 60.1 Å². The molecule has 0 aliphatic heterocycles. The molecule has 2 N–H and O–H groups in total. The van der Waals surface area contributed by atoms with Crippen molar-refractivity contribution in [3.63, 3.8) is 0 Å². The van der Waals surface area contributed by atoms with Gasteiger partial charge in [-0.3, -0.25) is 5.10 Å². The number of hydrogen-bond acceptors (Lipinski definition) is 6. The first-order valence-corrected chi connectivity index (χ1v) is 9.98. The average Bonchev–Trinajstić information content (AvgIpc) is 3.48. The monoisotopic (exact) mass is 390 g/mol. The highest BCUT2D eigenvalue weighted by molar-refractivity contribution is 5.85. The minimum Gasteiger partial charge on any atom is -0.367 e. The van der Waals surface area contributed by atoms with Gasteiger partial charge in [0.2, 0.25) is 0 Å². The van der Waals surface area contributed by atoms with Crippen molar-refractivity contribution in [2.75, 3.05) is 5.32 Å². The van der Waals surface area contributed by atoms with Crippen molar-refractivity contribution in [2.24, 2.45) is 7.05 Å². The highest BCUT2D eigenvalue weighted by Gasteiger charge is 2.16. The van der Waals surface area contributed by atoms with E-state index in [1.807, 2.05) is 11.6 Å². The minimum absolute atomic E-state index is 0.568. The van der Waals surface area contributed by atoms with Gasteiger partial charge in [-0.25, -0.2) is 9.97 Å². The molecule has 5 rings (SSSR count). The number of H-pyrrole nitrogens is 1. The number of aromatic amines is 1. The third-order valence-corrected chi connectivity index (χ3v) is 5.23. The summed E-state index contributed by atoms with van der Waals surface area (Å²) in [7, 11) is 1.96. The molecule has 8 heteroatoms. The Morgan fingerprint density at radius 1 is 1.14 bits per heavy atom. The summed E-state index contributed by atoms with van der Waals surface area (Å²) in [6.45, 7) is 2.09. The van der Waals surface area contributed by atoms with Crippen LogP contribution in [0.4, 0.5) is 5.82 Å². The molecule has 1 aliphatic carbocycles. The Bertz CT molecular complexity index is 1040. The number of fused-ring (bicyclic) bond motifs is 1. The van der Waals surface area contributed by atoms with Gasteiger partial charge in [-0.2, -0.15) is 5.10 Å². The number of aromatic nitrogens is 7. The Morgan fingerprint density at radius 2 is 1.93 bits per heavy atom. The quantitative estimate of drug-likeness (QED) is 0.554. The number of benzene rings is 1. The van der Waals surface area contributed by atoms with E-state index in [-0.39, 0.29) is 0 Å². The zero-order chi connectivity index (χ0) is 20.1. The van der Waals surface area contributed by atoms with Gasteiger partial charge in [0.15, 0.2) is 5.65 Å². The smallest absolute Gasteiger partial charge is 0.160 e. The fourth-order valence-corrected chi connectivity index (χ4v) is 3.50. The molecule has 150 valence electrons. The van der Waals surface area contributed by atoms with Gasteiger partial charge in [0, 0.05) is 19.5 Å². The van der Waals surface area contributed by atoms with Crippen LogP contribution in [0.2, 0.25) is 0 Å². The highest BCUT2D eigenvalue weighted by Crippen LogP contribution is 2.24. The lowest BCUT2D eigenvalue weighted by atomic mass is 10.1. The second-order valence-corrected chi connectivity index (χ2v) is 7.50. The first-order valence-electron chi connectivity index (χ1n) is 9.98. The van der Waals surface area contributed by atoms with Crippen LogP contribution in [0.1, 0.15) is 42.6 Å². The summed E-state index contributed by atoms with van der Waals surface area (Å²) in [5.74, 6) is 1.90. The maximum Gasteiger partial charge on any atom is 0.160 e. The predicted molar refractivity (Wildman–Crippen MR) is 113 cm³/mol. The third-order valence-electron chi connectivity index (χ3n) is 5.23. The molecule has 0 atom stereocenters. The van der Waals surface area contributed by atoms with Gasteiger partial charge in [-0.15, -0.1) is 10.2 Å². The second-order valence-electron chi connectivity index (χ2n) is 7.50. The van der Waals surface area contributed by atoms with Gasteiger partial charge in [0.1, 0.15) is 24.3 Å². The zero-order valence-electron chi connectivity index (χ0n) is 16.8. The van der Waals surface area contributed by atoms with Gasteiger partial charge in [0.25, 0.3) is 0 Å². The van der Waals surface area contributed by atoms with E-state index in [9.17, 15) is 0 Å². The van der Waals surface area contributed by atoms with Crippen molar-refractivity contribution in [3.8, 4) is 0 Å².